The van der Waals surface area contributed by atoms with Crippen LogP contribution < -0.4 is 5.73 Å². The largest absolute Gasteiger partial charge is 0.446 e. The smallest absolute Gasteiger partial charge is 0.226 e. The number of fused-ring (bicyclic) bond motifs is 1. The number of carbonyl (C=O) groups is 1. The Morgan fingerprint density at radius 3 is 2.86 bits per heavy atom. The third-order valence-electron chi connectivity index (χ3n) is 4.79. The molecule has 0 saturated heterocycles. The zero-order valence-corrected chi connectivity index (χ0v) is 12.4. The van der Waals surface area contributed by atoms with E-state index in [-0.39, 0.29) is 12.0 Å². The van der Waals surface area contributed by atoms with E-state index in [1.54, 1.807) is 12.5 Å². The molecule has 0 amide bonds. The number of carbonyl (C=O) groups excluding carboxylic acids is 1. The molecule has 0 bridgehead atoms. The lowest BCUT2D eigenvalue weighted by Gasteiger charge is -2.30. The topological polar surface area (TPSA) is 69.1 Å². The second-order valence-electron chi connectivity index (χ2n) is 6.22. The molecule has 0 aliphatic heterocycles. The number of aromatic nitrogens is 1. The minimum atomic E-state index is 0.190. The van der Waals surface area contributed by atoms with E-state index in [9.17, 15) is 4.79 Å². The highest BCUT2D eigenvalue weighted by atomic mass is 16.3. The average molecular weight is 286 g/mol. The summed E-state index contributed by atoms with van der Waals surface area (Å²) in [6.45, 7) is 2.07. The first-order valence-corrected chi connectivity index (χ1v) is 7.74. The quantitative estimate of drug-likeness (QED) is 0.937. The monoisotopic (exact) mass is 286 g/mol. The van der Waals surface area contributed by atoms with Crippen LogP contribution in [0.5, 0.6) is 0 Å². The maximum Gasteiger partial charge on any atom is 0.226 e. The Kier molecular flexibility index (Phi) is 4.06. The zero-order valence-electron chi connectivity index (χ0n) is 12.4. The lowest BCUT2D eigenvalue weighted by atomic mass is 9.76. The molecule has 4 nitrogen and oxygen atoms in total. The summed E-state index contributed by atoms with van der Waals surface area (Å²) in [5.74, 6) is 1.11. The molecule has 2 heterocycles. The average Bonchev–Trinajstić information content (AvgIpc) is 2.97. The van der Waals surface area contributed by atoms with Gasteiger partial charge in [0.25, 0.3) is 0 Å². The van der Waals surface area contributed by atoms with Crippen molar-refractivity contribution in [3.63, 3.8) is 0 Å². The lowest BCUT2D eigenvalue weighted by Crippen LogP contribution is -2.32. The van der Waals surface area contributed by atoms with Crippen molar-refractivity contribution in [2.24, 2.45) is 17.6 Å². The van der Waals surface area contributed by atoms with Crippen LogP contribution in [0.2, 0.25) is 0 Å². The molecular weight excluding hydrogens is 264 g/mol. The van der Waals surface area contributed by atoms with Crippen molar-refractivity contribution in [2.75, 3.05) is 0 Å². The van der Waals surface area contributed by atoms with Crippen LogP contribution >= 0.6 is 0 Å². The van der Waals surface area contributed by atoms with Crippen molar-refractivity contribution in [1.29, 1.82) is 0 Å². The molecule has 0 spiro atoms. The van der Waals surface area contributed by atoms with E-state index in [1.165, 1.54) is 0 Å². The van der Waals surface area contributed by atoms with Crippen molar-refractivity contribution in [3.05, 3.63) is 30.2 Å². The Hall–Kier alpha value is -1.68. The van der Waals surface area contributed by atoms with Gasteiger partial charge < -0.3 is 10.2 Å². The number of nitrogens with zero attached hydrogens (tertiary/aromatic N) is 1. The molecule has 2 aromatic rings. The van der Waals surface area contributed by atoms with Crippen molar-refractivity contribution in [2.45, 2.75) is 45.1 Å². The summed E-state index contributed by atoms with van der Waals surface area (Å²) in [4.78, 5) is 16.7. The molecule has 1 aliphatic carbocycles. The highest BCUT2D eigenvalue weighted by molar-refractivity contribution is 5.88. The van der Waals surface area contributed by atoms with Crippen molar-refractivity contribution < 1.29 is 9.21 Å². The van der Waals surface area contributed by atoms with E-state index in [0.29, 0.717) is 23.8 Å². The molecule has 2 aromatic heterocycles. The number of ketones is 1. The fourth-order valence-electron chi connectivity index (χ4n) is 3.38. The van der Waals surface area contributed by atoms with Gasteiger partial charge in [0.1, 0.15) is 5.78 Å². The predicted octanol–water partition coefficient (Wildman–Crippen LogP) is 3.09. The van der Waals surface area contributed by atoms with Gasteiger partial charge in [-0.2, -0.15) is 0 Å². The Morgan fingerprint density at radius 1 is 1.38 bits per heavy atom. The second-order valence-corrected chi connectivity index (χ2v) is 6.22. The molecule has 0 aromatic carbocycles. The van der Waals surface area contributed by atoms with Crippen LogP contribution in [0.3, 0.4) is 0 Å². The van der Waals surface area contributed by atoms with Crippen molar-refractivity contribution >= 4 is 16.9 Å². The number of pyridine rings is 1. The van der Waals surface area contributed by atoms with E-state index in [2.05, 4.69) is 11.9 Å². The van der Waals surface area contributed by atoms with Crippen LogP contribution in [-0.2, 0) is 11.2 Å². The van der Waals surface area contributed by atoms with Crippen LogP contribution in [-0.4, -0.2) is 16.8 Å². The van der Waals surface area contributed by atoms with Crippen molar-refractivity contribution in [1.82, 2.24) is 4.98 Å². The maximum absolute atomic E-state index is 12.5. The van der Waals surface area contributed by atoms with Gasteiger partial charge in [0, 0.05) is 30.0 Å². The highest BCUT2D eigenvalue weighted by Crippen LogP contribution is 2.32. The zero-order chi connectivity index (χ0) is 14.8. The van der Waals surface area contributed by atoms with E-state index >= 15 is 0 Å². The minimum Gasteiger partial charge on any atom is -0.446 e. The van der Waals surface area contributed by atoms with Crippen LogP contribution in [0.1, 0.15) is 38.2 Å². The molecule has 1 fully saturated rings. The number of nitrogens with two attached hydrogens (primary N) is 1. The lowest BCUT2D eigenvalue weighted by molar-refractivity contribution is -0.123. The number of hydrogen-bond acceptors (Lipinski definition) is 4. The molecule has 1 saturated carbocycles. The van der Waals surface area contributed by atoms with E-state index < -0.39 is 0 Å². The molecule has 112 valence electrons. The summed E-state index contributed by atoms with van der Waals surface area (Å²) < 4.78 is 5.29. The summed E-state index contributed by atoms with van der Waals surface area (Å²) in [5.41, 5.74) is 7.59. The highest BCUT2D eigenvalue weighted by Gasteiger charge is 2.28. The van der Waals surface area contributed by atoms with E-state index in [0.717, 1.165) is 36.6 Å². The summed E-state index contributed by atoms with van der Waals surface area (Å²) in [6, 6.07) is 4.05. The SMILES string of the molecule is CC(N)C1CCC(C(=O)Cc2ccnc3occc23)CC1. The third-order valence-corrected chi connectivity index (χ3v) is 4.79. The summed E-state index contributed by atoms with van der Waals surface area (Å²) in [6.07, 6.45) is 7.92. The van der Waals surface area contributed by atoms with Gasteiger partial charge in [0.15, 0.2) is 0 Å². The van der Waals surface area contributed by atoms with Crippen LogP contribution in [0.4, 0.5) is 0 Å². The normalized spacial score (nSPS) is 24.1. The first kappa shape index (κ1) is 14.3. The standard InChI is InChI=1S/C17H22N2O2/c1-11(18)12-2-4-13(5-3-12)16(20)10-14-6-8-19-17-15(14)7-9-21-17/h6-9,11-13H,2-5,10,18H2,1H3. The molecule has 21 heavy (non-hydrogen) atoms. The number of rotatable bonds is 4. The fourth-order valence-corrected chi connectivity index (χ4v) is 3.38. The number of hydrogen-bond donors (Lipinski definition) is 1. The molecular formula is C17H22N2O2. The first-order valence-electron chi connectivity index (χ1n) is 7.74. The van der Waals surface area contributed by atoms with E-state index in [4.69, 9.17) is 10.2 Å². The Labute approximate surface area is 124 Å². The molecule has 0 radical (unpaired) electrons. The van der Waals surface area contributed by atoms with Crippen LogP contribution in [0.15, 0.2) is 29.0 Å². The van der Waals surface area contributed by atoms with Gasteiger partial charge >= 0.3 is 0 Å². The van der Waals surface area contributed by atoms with Gasteiger partial charge in [-0.3, -0.25) is 4.79 Å². The molecule has 4 heteroatoms. The number of Topliss-reactive ketones (excluding diaryl/α,β-unsaturated/α-hetero) is 1. The predicted molar refractivity (Wildman–Crippen MR) is 81.8 cm³/mol. The summed E-state index contributed by atoms with van der Waals surface area (Å²) >= 11 is 0. The van der Waals surface area contributed by atoms with Crippen LogP contribution in [0, 0.1) is 11.8 Å². The van der Waals surface area contributed by atoms with Crippen LogP contribution in [0.25, 0.3) is 11.1 Å². The summed E-state index contributed by atoms with van der Waals surface area (Å²) in [7, 11) is 0. The van der Waals surface area contributed by atoms with Gasteiger partial charge in [-0.05, 0) is 56.2 Å². The minimum absolute atomic E-state index is 0.190. The van der Waals surface area contributed by atoms with Gasteiger partial charge in [0.05, 0.1) is 6.26 Å². The maximum atomic E-state index is 12.5. The molecule has 3 rings (SSSR count). The molecule has 2 N–H and O–H groups in total. The second kappa shape index (κ2) is 5.98. The Bertz CT molecular complexity index is 625. The summed E-state index contributed by atoms with van der Waals surface area (Å²) in [5, 5.41) is 0.954. The Morgan fingerprint density at radius 2 is 2.14 bits per heavy atom. The Balaban J connectivity index is 1.66. The molecule has 1 aliphatic rings. The number of furan rings is 1. The van der Waals surface area contributed by atoms with Gasteiger partial charge in [-0.1, -0.05) is 0 Å². The van der Waals surface area contributed by atoms with Gasteiger partial charge in [-0.25, -0.2) is 4.98 Å². The van der Waals surface area contributed by atoms with E-state index in [1.807, 2.05) is 12.1 Å². The molecule has 1 atom stereocenters. The van der Waals surface area contributed by atoms with Crippen molar-refractivity contribution in [3.8, 4) is 0 Å². The van der Waals surface area contributed by atoms with Gasteiger partial charge in [0.2, 0.25) is 5.71 Å². The fraction of sp³-hybridized carbons (Fsp3) is 0.529. The third kappa shape index (κ3) is 3.00. The first-order chi connectivity index (χ1) is 10.1. The molecule has 1 unspecified atom stereocenters. The van der Waals surface area contributed by atoms with Gasteiger partial charge in [-0.15, -0.1) is 0 Å².